The number of ether oxygens (including phenoxy) is 1. The summed E-state index contributed by atoms with van der Waals surface area (Å²) in [6.07, 6.45) is 16.4. The highest BCUT2D eigenvalue weighted by Crippen LogP contribution is 2.34. The lowest BCUT2D eigenvalue weighted by atomic mass is 9.90. The maximum atomic E-state index is 14.6. The van der Waals surface area contributed by atoms with Crippen LogP contribution >= 0.6 is 0 Å². The van der Waals surface area contributed by atoms with Crippen molar-refractivity contribution in [3.8, 4) is 6.07 Å². The lowest BCUT2D eigenvalue weighted by Gasteiger charge is -2.38. The zero-order chi connectivity index (χ0) is 36.0. The van der Waals surface area contributed by atoms with E-state index >= 15 is 0 Å². The van der Waals surface area contributed by atoms with Crippen molar-refractivity contribution in [1.29, 1.82) is 5.26 Å². The quantitative estimate of drug-likeness (QED) is 0.188. The number of halogens is 1. The molecule has 2 rings (SSSR count). The summed E-state index contributed by atoms with van der Waals surface area (Å²) in [6, 6.07) is 9.02. The average molecular weight is 646 g/mol. The second kappa shape index (κ2) is 23.2. The van der Waals surface area contributed by atoms with Gasteiger partial charge < -0.3 is 14.5 Å². The van der Waals surface area contributed by atoms with E-state index in [0.717, 1.165) is 47.3 Å². The molecule has 47 heavy (non-hydrogen) atoms. The van der Waals surface area contributed by atoms with Crippen LogP contribution in [-0.4, -0.2) is 47.7 Å². The molecular formula is C41H60FN3O2. The summed E-state index contributed by atoms with van der Waals surface area (Å²) < 4.78 is 20.1. The molecule has 0 spiro atoms. The number of rotatable bonds is 10. The summed E-state index contributed by atoms with van der Waals surface area (Å²) in [5, 5.41) is 8.85. The van der Waals surface area contributed by atoms with Crippen LogP contribution in [-0.2, 0) is 4.74 Å². The first-order valence-electron chi connectivity index (χ1n) is 16.9. The van der Waals surface area contributed by atoms with Crippen LogP contribution in [0, 0.1) is 17.1 Å². The van der Waals surface area contributed by atoms with Gasteiger partial charge >= 0.3 is 6.09 Å². The second-order valence-corrected chi connectivity index (χ2v) is 12.0. The molecule has 1 aliphatic heterocycles. The molecule has 258 valence electrons. The van der Waals surface area contributed by atoms with Crippen molar-refractivity contribution >= 4 is 11.7 Å². The van der Waals surface area contributed by atoms with Crippen molar-refractivity contribution in [3.63, 3.8) is 0 Å². The predicted molar refractivity (Wildman–Crippen MR) is 199 cm³/mol. The van der Waals surface area contributed by atoms with Crippen molar-refractivity contribution in [2.45, 2.75) is 101 Å². The number of nitrogens with zero attached hydrogens (tertiary/aromatic N) is 3. The van der Waals surface area contributed by atoms with E-state index in [1.54, 1.807) is 23.1 Å². The van der Waals surface area contributed by atoms with Gasteiger partial charge in [0.15, 0.2) is 0 Å². The topological polar surface area (TPSA) is 56.6 Å². The van der Waals surface area contributed by atoms with E-state index < -0.39 is 5.60 Å². The molecule has 0 unspecified atom stereocenters. The first-order chi connectivity index (χ1) is 22.3. The first-order valence-corrected chi connectivity index (χ1v) is 16.9. The molecule has 1 amide bonds. The highest BCUT2D eigenvalue weighted by atomic mass is 19.1. The molecule has 0 aliphatic carbocycles. The van der Waals surface area contributed by atoms with Crippen LogP contribution in [0.25, 0.3) is 5.57 Å². The zero-order valence-corrected chi connectivity index (χ0v) is 31.0. The highest BCUT2D eigenvalue weighted by Gasteiger charge is 2.27. The zero-order valence-electron chi connectivity index (χ0n) is 31.0. The van der Waals surface area contributed by atoms with Gasteiger partial charge in [0, 0.05) is 43.0 Å². The monoisotopic (exact) mass is 645 g/mol. The minimum atomic E-state index is -0.510. The molecule has 1 fully saturated rings. The minimum Gasteiger partial charge on any atom is -0.444 e. The average Bonchev–Trinajstić information content (AvgIpc) is 3.04. The molecule has 0 atom stereocenters. The van der Waals surface area contributed by atoms with Crippen molar-refractivity contribution in [1.82, 2.24) is 9.80 Å². The van der Waals surface area contributed by atoms with Crippen LogP contribution in [0.4, 0.5) is 9.18 Å². The standard InChI is InChI=1S/C26H35FN2O2.C13H19N.C2H6/c1-8-12-19(3)24(21(9-2)22-13-10-11-14-23(22)27)20(4)28-15-17-29(18-16-28)25(30)31-26(5,6)7;1-4-6-7-9-13(11-14)10-12(3)8-5-2;1-2/h8-14H,1,15-18H2,2-7H3;6-7,9-10H,4-5,8H2,1-3H3;1-2H3/b19-12-,21-9-,24-20-;7-6+,12-10+,13-9+;. The number of hydrogen-bond donors (Lipinski definition) is 0. The van der Waals surface area contributed by atoms with Crippen molar-refractivity contribution in [2.24, 2.45) is 0 Å². The van der Waals surface area contributed by atoms with E-state index in [4.69, 9.17) is 10.00 Å². The molecule has 1 aromatic rings. The molecule has 1 heterocycles. The number of piperazine rings is 1. The number of amides is 1. The Bertz CT molecular complexity index is 1360. The molecule has 0 bridgehead atoms. The van der Waals surface area contributed by atoms with Crippen LogP contribution in [0.5, 0.6) is 0 Å². The van der Waals surface area contributed by atoms with Crippen LogP contribution < -0.4 is 0 Å². The predicted octanol–water partition coefficient (Wildman–Crippen LogP) is 11.4. The Balaban J connectivity index is 0.00000111. The third-order valence-corrected chi connectivity index (χ3v) is 7.07. The van der Waals surface area contributed by atoms with Gasteiger partial charge in [0.1, 0.15) is 11.4 Å². The van der Waals surface area contributed by atoms with Crippen LogP contribution in [0.2, 0.25) is 0 Å². The SMILES string of the molecule is C=C\C=C(C)/C(=C(\C)N1CCN(C(=O)OC(C)(C)C)CC1)C(=C\C)/c1ccccc1F.CC.CC/C=C/C=C(C#N)\C=C(/C)CCC. The Labute approximate surface area is 286 Å². The van der Waals surface area contributed by atoms with Crippen LogP contribution in [0.15, 0.2) is 101 Å². The highest BCUT2D eigenvalue weighted by molar-refractivity contribution is 5.84. The first kappa shape index (κ1) is 42.9. The number of allylic oxidation sites excluding steroid dienone is 13. The molecule has 1 aromatic carbocycles. The van der Waals surface area contributed by atoms with E-state index in [1.807, 2.05) is 91.0 Å². The minimum absolute atomic E-state index is 0.248. The molecular weight excluding hydrogens is 585 g/mol. The summed E-state index contributed by atoms with van der Waals surface area (Å²) in [4.78, 5) is 16.4. The van der Waals surface area contributed by atoms with Gasteiger partial charge in [-0.3, -0.25) is 0 Å². The Kier molecular flexibility index (Phi) is 21.2. The fraction of sp³-hybridized carbons (Fsp3) is 0.463. The molecule has 6 heteroatoms. The normalized spacial score (nSPS) is 15.1. The number of benzene rings is 1. The summed E-state index contributed by atoms with van der Waals surface area (Å²) >= 11 is 0. The van der Waals surface area contributed by atoms with E-state index in [2.05, 4.69) is 45.2 Å². The summed E-state index contributed by atoms with van der Waals surface area (Å²) in [6.45, 7) is 28.3. The molecule has 1 aliphatic rings. The van der Waals surface area contributed by atoms with Gasteiger partial charge in [0.2, 0.25) is 0 Å². The Hall–Kier alpha value is -4.11. The van der Waals surface area contributed by atoms with E-state index in [1.165, 1.54) is 11.6 Å². The third kappa shape index (κ3) is 15.8. The van der Waals surface area contributed by atoms with E-state index in [9.17, 15) is 9.18 Å². The molecule has 1 saturated heterocycles. The van der Waals surface area contributed by atoms with Gasteiger partial charge in [0.05, 0.1) is 11.6 Å². The number of hydrogen-bond acceptors (Lipinski definition) is 4. The Morgan fingerprint density at radius 1 is 1.04 bits per heavy atom. The van der Waals surface area contributed by atoms with E-state index in [0.29, 0.717) is 31.7 Å². The van der Waals surface area contributed by atoms with Crippen molar-refractivity contribution in [2.75, 3.05) is 26.2 Å². The summed E-state index contributed by atoms with van der Waals surface area (Å²) in [5.41, 5.74) is 5.97. The van der Waals surface area contributed by atoms with Crippen molar-refractivity contribution < 1.29 is 13.9 Å². The van der Waals surface area contributed by atoms with Gasteiger partial charge in [-0.2, -0.15) is 5.26 Å². The molecule has 0 saturated carbocycles. The van der Waals surface area contributed by atoms with Crippen molar-refractivity contribution in [3.05, 3.63) is 113 Å². The van der Waals surface area contributed by atoms with Gasteiger partial charge in [-0.15, -0.1) is 0 Å². The summed E-state index contributed by atoms with van der Waals surface area (Å²) in [7, 11) is 0. The molecule has 0 aromatic heterocycles. The van der Waals surface area contributed by atoms with E-state index in [-0.39, 0.29) is 11.9 Å². The van der Waals surface area contributed by atoms with Gasteiger partial charge in [-0.25, -0.2) is 9.18 Å². The van der Waals surface area contributed by atoms with Gasteiger partial charge in [-0.1, -0.05) is 94.8 Å². The molecule has 5 nitrogen and oxygen atoms in total. The molecule has 0 radical (unpaired) electrons. The number of carbonyl (C=O) groups is 1. The fourth-order valence-corrected chi connectivity index (χ4v) is 4.93. The fourth-order valence-electron chi connectivity index (χ4n) is 4.93. The summed E-state index contributed by atoms with van der Waals surface area (Å²) in [5.74, 6) is -0.248. The Morgan fingerprint density at radius 3 is 2.13 bits per heavy atom. The third-order valence-electron chi connectivity index (χ3n) is 7.07. The number of nitriles is 1. The van der Waals surface area contributed by atoms with Crippen LogP contribution in [0.1, 0.15) is 101 Å². The Morgan fingerprint density at radius 2 is 1.64 bits per heavy atom. The molecule has 0 N–H and O–H groups in total. The van der Waals surface area contributed by atoms with Gasteiger partial charge in [-0.05, 0) is 90.7 Å². The largest absolute Gasteiger partial charge is 0.444 e. The number of carbonyl (C=O) groups excluding carboxylic acids is 1. The smallest absolute Gasteiger partial charge is 0.410 e. The maximum Gasteiger partial charge on any atom is 0.410 e. The van der Waals surface area contributed by atoms with Crippen LogP contribution in [0.3, 0.4) is 0 Å². The maximum absolute atomic E-state index is 14.6. The van der Waals surface area contributed by atoms with Gasteiger partial charge in [0.25, 0.3) is 0 Å². The lowest BCUT2D eigenvalue weighted by Crippen LogP contribution is -2.49. The lowest BCUT2D eigenvalue weighted by molar-refractivity contribution is 0.0168. The second-order valence-electron chi connectivity index (χ2n) is 12.0.